The second-order valence-corrected chi connectivity index (χ2v) is 6.21. The van der Waals surface area contributed by atoms with E-state index in [1.54, 1.807) is 13.0 Å². The molecule has 1 aromatic carbocycles. The number of halogens is 1. The fourth-order valence-electron chi connectivity index (χ4n) is 1.98. The number of sulfonamides is 1. The maximum atomic E-state index is 13.2. The van der Waals surface area contributed by atoms with Gasteiger partial charge in [-0.3, -0.25) is 15.2 Å². The Balaban J connectivity index is 2.33. The third-order valence-electron chi connectivity index (χ3n) is 2.90. The van der Waals surface area contributed by atoms with E-state index in [4.69, 9.17) is 0 Å². The van der Waals surface area contributed by atoms with E-state index in [0.717, 1.165) is 0 Å². The summed E-state index contributed by atoms with van der Waals surface area (Å²) in [5.74, 6) is -0.441. The van der Waals surface area contributed by atoms with Gasteiger partial charge in [0.1, 0.15) is 11.1 Å². The minimum Gasteiger partial charge on any atom is -0.270 e. The molecule has 1 saturated heterocycles. The van der Waals surface area contributed by atoms with Gasteiger partial charge < -0.3 is 0 Å². The van der Waals surface area contributed by atoms with E-state index >= 15 is 0 Å². The first-order valence-corrected chi connectivity index (χ1v) is 7.29. The average Bonchev–Trinajstić information content (AvgIpc) is 2.83. The molecule has 1 aromatic rings. The molecule has 0 aliphatic carbocycles. The second kappa shape index (κ2) is 5.21. The lowest BCUT2D eigenvalue weighted by molar-refractivity contribution is 0.580. The molecule has 0 atom stereocenters. The lowest BCUT2D eigenvalue weighted by Gasteiger charge is -2.25. The number of hydrogen-bond donors (Lipinski definition) is 2. The highest BCUT2D eigenvalue weighted by Gasteiger charge is 2.33. The highest BCUT2D eigenvalue weighted by Crippen LogP contribution is 2.21. The van der Waals surface area contributed by atoms with Gasteiger partial charge in [-0.15, -0.1) is 0 Å². The minimum absolute atomic E-state index is 0.280. The monoisotopic (exact) mass is 273 g/mol. The standard InChI is InChI=1S/C11H16FN3O2S/c1-2-15(10-5-3-4-9(12)6-10)18(16,17)11-7-13-14-8-11/h3-6,11,13-14H,2,7-8H2,1H3. The highest BCUT2D eigenvalue weighted by atomic mass is 32.2. The predicted molar refractivity (Wildman–Crippen MR) is 68.1 cm³/mol. The summed E-state index contributed by atoms with van der Waals surface area (Å²) < 4.78 is 39.2. The molecule has 1 fully saturated rings. The number of benzene rings is 1. The van der Waals surface area contributed by atoms with Crippen molar-refractivity contribution in [2.24, 2.45) is 0 Å². The van der Waals surface area contributed by atoms with Gasteiger partial charge in [0.05, 0.1) is 5.69 Å². The zero-order chi connectivity index (χ0) is 13.2. The van der Waals surface area contributed by atoms with Crippen molar-refractivity contribution in [1.82, 2.24) is 10.9 Å². The first kappa shape index (κ1) is 13.3. The van der Waals surface area contributed by atoms with Crippen molar-refractivity contribution >= 4 is 15.7 Å². The number of rotatable bonds is 4. The Hall–Kier alpha value is -1.18. The zero-order valence-electron chi connectivity index (χ0n) is 10.1. The SMILES string of the molecule is CCN(c1cccc(F)c1)S(=O)(=O)C1CNNC1. The minimum atomic E-state index is -3.48. The van der Waals surface area contributed by atoms with Crippen LogP contribution < -0.4 is 15.2 Å². The van der Waals surface area contributed by atoms with Gasteiger partial charge in [-0.1, -0.05) is 6.07 Å². The van der Waals surface area contributed by atoms with Gasteiger partial charge in [-0.05, 0) is 25.1 Å². The number of hydrazine groups is 1. The van der Waals surface area contributed by atoms with Crippen molar-refractivity contribution in [2.45, 2.75) is 12.2 Å². The van der Waals surface area contributed by atoms with Gasteiger partial charge in [0, 0.05) is 19.6 Å². The molecule has 0 radical (unpaired) electrons. The second-order valence-electron chi connectivity index (χ2n) is 4.07. The molecule has 0 aromatic heterocycles. The predicted octanol–water partition coefficient (Wildman–Crippen LogP) is 0.458. The van der Waals surface area contributed by atoms with Crippen molar-refractivity contribution in [3.05, 3.63) is 30.1 Å². The number of hydrogen-bond acceptors (Lipinski definition) is 4. The molecular weight excluding hydrogens is 257 g/mol. The molecule has 18 heavy (non-hydrogen) atoms. The molecule has 0 unspecified atom stereocenters. The van der Waals surface area contributed by atoms with E-state index in [2.05, 4.69) is 10.9 Å². The van der Waals surface area contributed by atoms with E-state index in [1.165, 1.54) is 22.5 Å². The molecule has 0 saturated carbocycles. The van der Waals surface area contributed by atoms with Crippen LogP contribution in [0.5, 0.6) is 0 Å². The third-order valence-corrected chi connectivity index (χ3v) is 5.16. The van der Waals surface area contributed by atoms with Crippen LogP contribution in [0.25, 0.3) is 0 Å². The maximum Gasteiger partial charge on any atom is 0.240 e. The highest BCUT2D eigenvalue weighted by molar-refractivity contribution is 7.93. The van der Waals surface area contributed by atoms with Crippen LogP contribution in [-0.4, -0.2) is 33.3 Å². The van der Waals surface area contributed by atoms with Crippen LogP contribution in [0.4, 0.5) is 10.1 Å². The van der Waals surface area contributed by atoms with Gasteiger partial charge in [0.15, 0.2) is 0 Å². The van der Waals surface area contributed by atoms with Crippen molar-refractivity contribution in [1.29, 1.82) is 0 Å². The Bertz CT molecular complexity index is 515. The summed E-state index contributed by atoms with van der Waals surface area (Å²) >= 11 is 0. The van der Waals surface area contributed by atoms with Gasteiger partial charge in [-0.2, -0.15) is 0 Å². The van der Waals surface area contributed by atoms with Gasteiger partial charge in [-0.25, -0.2) is 12.8 Å². The van der Waals surface area contributed by atoms with Crippen LogP contribution in [0.3, 0.4) is 0 Å². The summed E-state index contributed by atoms with van der Waals surface area (Å²) in [6.07, 6.45) is 0. The first-order chi connectivity index (χ1) is 8.55. The van der Waals surface area contributed by atoms with Crippen molar-refractivity contribution in [3.8, 4) is 0 Å². The van der Waals surface area contributed by atoms with Crippen molar-refractivity contribution in [2.75, 3.05) is 23.9 Å². The van der Waals surface area contributed by atoms with Crippen LogP contribution in [0.1, 0.15) is 6.92 Å². The van der Waals surface area contributed by atoms with Crippen LogP contribution in [0, 0.1) is 5.82 Å². The van der Waals surface area contributed by atoms with Crippen molar-refractivity contribution in [3.63, 3.8) is 0 Å². The molecular formula is C11H16FN3O2S. The van der Waals surface area contributed by atoms with Gasteiger partial charge in [0.2, 0.25) is 10.0 Å². The van der Waals surface area contributed by atoms with Gasteiger partial charge in [0.25, 0.3) is 0 Å². The molecule has 0 amide bonds. The van der Waals surface area contributed by atoms with E-state index in [9.17, 15) is 12.8 Å². The fourth-order valence-corrected chi connectivity index (χ4v) is 3.69. The molecule has 1 aliphatic heterocycles. The lowest BCUT2D eigenvalue weighted by atomic mass is 10.3. The molecule has 2 rings (SSSR count). The maximum absolute atomic E-state index is 13.2. The van der Waals surface area contributed by atoms with Crippen LogP contribution in [0.2, 0.25) is 0 Å². The Morgan fingerprint density at radius 1 is 1.39 bits per heavy atom. The first-order valence-electron chi connectivity index (χ1n) is 5.78. The van der Waals surface area contributed by atoms with Gasteiger partial charge >= 0.3 is 0 Å². The number of nitrogens with zero attached hydrogens (tertiary/aromatic N) is 1. The summed E-state index contributed by atoms with van der Waals surface area (Å²) in [5.41, 5.74) is 5.95. The molecule has 7 heteroatoms. The molecule has 1 aliphatic rings. The normalized spacial score (nSPS) is 17.0. The van der Waals surface area contributed by atoms with Crippen LogP contribution >= 0.6 is 0 Å². The largest absolute Gasteiger partial charge is 0.270 e. The molecule has 0 bridgehead atoms. The van der Waals surface area contributed by atoms with E-state index in [0.29, 0.717) is 18.8 Å². The number of anilines is 1. The fraction of sp³-hybridized carbons (Fsp3) is 0.455. The Morgan fingerprint density at radius 3 is 2.61 bits per heavy atom. The molecule has 5 nitrogen and oxygen atoms in total. The molecule has 100 valence electrons. The molecule has 2 N–H and O–H groups in total. The topological polar surface area (TPSA) is 61.4 Å². The van der Waals surface area contributed by atoms with E-state index < -0.39 is 21.1 Å². The van der Waals surface area contributed by atoms with E-state index in [1.807, 2.05) is 0 Å². The smallest absolute Gasteiger partial charge is 0.240 e. The zero-order valence-corrected chi connectivity index (χ0v) is 10.9. The quantitative estimate of drug-likeness (QED) is 0.836. The Kier molecular flexibility index (Phi) is 3.84. The van der Waals surface area contributed by atoms with Crippen LogP contribution in [-0.2, 0) is 10.0 Å². The average molecular weight is 273 g/mol. The summed E-state index contributed by atoms with van der Waals surface area (Å²) in [5, 5.41) is -0.527. The molecule has 1 heterocycles. The lowest BCUT2D eigenvalue weighted by Crippen LogP contribution is -2.41. The summed E-state index contributed by atoms with van der Waals surface area (Å²) in [6, 6.07) is 5.63. The Morgan fingerprint density at radius 2 is 2.06 bits per heavy atom. The van der Waals surface area contributed by atoms with Crippen LogP contribution in [0.15, 0.2) is 24.3 Å². The Labute approximate surface area is 106 Å². The number of nitrogens with one attached hydrogen (secondary N) is 2. The summed E-state index contributed by atoms with van der Waals surface area (Å²) in [4.78, 5) is 0. The summed E-state index contributed by atoms with van der Waals surface area (Å²) in [6.45, 7) is 2.73. The van der Waals surface area contributed by atoms with Crippen molar-refractivity contribution < 1.29 is 12.8 Å². The van der Waals surface area contributed by atoms with E-state index in [-0.39, 0.29) is 6.54 Å². The third kappa shape index (κ3) is 2.47. The summed E-state index contributed by atoms with van der Waals surface area (Å²) in [7, 11) is -3.48. The molecule has 0 spiro atoms.